The van der Waals surface area contributed by atoms with Gasteiger partial charge in [-0.05, 0) is 74.5 Å². The Hall–Kier alpha value is -0.820. The number of allylic oxidation sites excluding steroid dienone is 4. The van der Waals surface area contributed by atoms with Crippen LogP contribution in [0.15, 0.2) is 36.5 Å². The Labute approximate surface area is 135 Å². The molecule has 0 radical (unpaired) electrons. The lowest BCUT2D eigenvalue weighted by atomic mass is 9.47. The molecule has 0 aromatic heterocycles. The molecule has 1 nitrogen and oxygen atoms in total. The predicted molar refractivity (Wildman–Crippen MR) is 91.4 cm³/mol. The highest BCUT2D eigenvalue weighted by molar-refractivity contribution is 5.37. The van der Waals surface area contributed by atoms with Crippen LogP contribution in [0.1, 0.15) is 58.3 Å². The van der Waals surface area contributed by atoms with E-state index >= 15 is 0 Å². The Bertz CT molecular complexity index is 544. The van der Waals surface area contributed by atoms with Crippen LogP contribution >= 0.6 is 0 Å². The minimum Gasteiger partial charge on any atom is -0.393 e. The van der Waals surface area contributed by atoms with E-state index in [0.29, 0.717) is 0 Å². The maximum absolute atomic E-state index is 10.5. The van der Waals surface area contributed by atoms with E-state index in [1.54, 1.807) is 5.57 Å². The third-order valence-corrected chi connectivity index (χ3v) is 8.00. The number of fused-ring (bicyclic) bond motifs is 5. The average molecular weight is 298 g/mol. The van der Waals surface area contributed by atoms with Crippen LogP contribution in [-0.2, 0) is 0 Å². The molecular weight excluding hydrogens is 268 g/mol. The predicted octanol–water partition coefficient (Wildman–Crippen LogP) is 5.03. The second-order valence-corrected chi connectivity index (χ2v) is 8.63. The van der Waals surface area contributed by atoms with Gasteiger partial charge in [0, 0.05) is 5.41 Å². The summed E-state index contributed by atoms with van der Waals surface area (Å²) in [6.07, 6.45) is 14.2. The highest BCUT2D eigenvalue weighted by Gasteiger charge is 2.59. The quantitative estimate of drug-likeness (QED) is 0.673. The van der Waals surface area contributed by atoms with Gasteiger partial charge in [-0.15, -0.1) is 6.58 Å². The second kappa shape index (κ2) is 4.84. The fourth-order valence-corrected chi connectivity index (χ4v) is 6.72. The number of hydrogen-bond acceptors (Lipinski definition) is 1. The van der Waals surface area contributed by atoms with Gasteiger partial charge >= 0.3 is 0 Å². The van der Waals surface area contributed by atoms with E-state index in [0.717, 1.165) is 30.6 Å². The van der Waals surface area contributed by atoms with Crippen LogP contribution in [0.25, 0.3) is 0 Å². The van der Waals surface area contributed by atoms with Gasteiger partial charge in [0.15, 0.2) is 0 Å². The lowest BCUT2D eigenvalue weighted by molar-refractivity contribution is -0.0663. The summed E-state index contributed by atoms with van der Waals surface area (Å²) in [6.45, 7) is 10.8. The van der Waals surface area contributed by atoms with Gasteiger partial charge in [-0.25, -0.2) is 0 Å². The molecule has 3 saturated carbocycles. The van der Waals surface area contributed by atoms with E-state index in [2.05, 4.69) is 32.2 Å². The molecule has 0 spiro atoms. The fourth-order valence-electron chi connectivity index (χ4n) is 6.72. The summed E-state index contributed by atoms with van der Waals surface area (Å²) >= 11 is 0. The molecule has 0 bridgehead atoms. The van der Waals surface area contributed by atoms with Gasteiger partial charge in [0.2, 0.25) is 0 Å². The van der Waals surface area contributed by atoms with Crippen molar-refractivity contribution in [2.45, 2.75) is 64.4 Å². The van der Waals surface area contributed by atoms with E-state index in [1.165, 1.54) is 44.1 Å². The van der Waals surface area contributed by atoms with E-state index in [1.807, 2.05) is 0 Å². The summed E-state index contributed by atoms with van der Waals surface area (Å²) < 4.78 is 0. The number of rotatable bonds is 1. The lowest BCUT2D eigenvalue weighted by Crippen LogP contribution is -2.51. The Kier molecular flexibility index (Phi) is 3.24. The summed E-state index contributed by atoms with van der Waals surface area (Å²) in [5.74, 6) is 2.27. The Morgan fingerprint density at radius 3 is 2.73 bits per heavy atom. The van der Waals surface area contributed by atoms with Crippen LogP contribution in [0.3, 0.4) is 0 Å². The Morgan fingerprint density at radius 1 is 1.14 bits per heavy atom. The van der Waals surface area contributed by atoms with Crippen LogP contribution in [0.5, 0.6) is 0 Å². The molecule has 22 heavy (non-hydrogen) atoms. The van der Waals surface area contributed by atoms with Gasteiger partial charge < -0.3 is 5.11 Å². The highest BCUT2D eigenvalue weighted by Crippen LogP contribution is 2.65. The lowest BCUT2D eigenvalue weighted by Gasteiger charge is -2.58. The summed E-state index contributed by atoms with van der Waals surface area (Å²) in [5.41, 5.74) is 3.34. The molecule has 0 aromatic rings. The molecule has 0 aromatic carbocycles. The van der Waals surface area contributed by atoms with Crippen molar-refractivity contribution in [3.63, 3.8) is 0 Å². The molecule has 6 atom stereocenters. The van der Waals surface area contributed by atoms with Crippen molar-refractivity contribution >= 4 is 0 Å². The van der Waals surface area contributed by atoms with E-state index < -0.39 is 0 Å². The van der Waals surface area contributed by atoms with Crippen molar-refractivity contribution in [2.75, 3.05) is 0 Å². The van der Waals surface area contributed by atoms with Crippen LogP contribution in [0.4, 0.5) is 0 Å². The van der Waals surface area contributed by atoms with E-state index in [4.69, 9.17) is 0 Å². The number of aliphatic hydroxyl groups is 1. The van der Waals surface area contributed by atoms with Crippen LogP contribution < -0.4 is 0 Å². The monoisotopic (exact) mass is 298 g/mol. The smallest absolute Gasteiger partial charge is 0.0596 e. The summed E-state index contributed by atoms with van der Waals surface area (Å²) in [6, 6.07) is 0. The highest BCUT2D eigenvalue weighted by atomic mass is 16.3. The molecule has 0 aliphatic heterocycles. The molecule has 4 aliphatic rings. The first-order valence-corrected chi connectivity index (χ1v) is 9.22. The molecule has 3 unspecified atom stereocenters. The molecule has 4 aliphatic carbocycles. The van der Waals surface area contributed by atoms with Gasteiger partial charge in [0.1, 0.15) is 0 Å². The van der Waals surface area contributed by atoms with E-state index in [9.17, 15) is 5.11 Å². The molecule has 0 amide bonds. The summed E-state index contributed by atoms with van der Waals surface area (Å²) in [7, 11) is 0. The average Bonchev–Trinajstić information content (AvgIpc) is 2.82. The number of aliphatic hydroxyl groups excluding tert-OH is 1. The standard InChI is InChI=1S/C21H30O/c1-4-21-12-9-14(2)13-15(21)5-6-16-17-7-8-19(22)20(17,3)11-10-18(16)21/h4,13,16-19,22H,1-2,5-12H2,3H3/t16?,17?,18?,19-,20-,21-/m0/s1. The third kappa shape index (κ3) is 1.75. The molecule has 4 rings (SSSR count). The van der Waals surface area contributed by atoms with E-state index in [-0.39, 0.29) is 16.9 Å². The minimum atomic E-state index is -0.0683. The van der Waals surface area contributed by atoms with Crippen molar-refractivity contribution in [1.29, 1.82) is 0 Å². The molecule has 1 heteroatoms. The van der Waals surface area contributed by atoms with Gasteiger partial charge in [-0.1, -0.05) is 36.8 Å². The summed E-state index contributed by atoms with van der Waals surface area (Å²) in [5, 5.41) is 10.5. The molecule has 3 fully saturated rings. The van der Waals surface area contributed by atoms with Gasteiger partial charge in [0.05, 0.1) is 6.10 Å². The first-order chi connectivity index (χ1) is 10.5. The first kappa shape index (κ1) is 14.8. The Balaban J connectivity index is 1.73. The Morgan fingerprint density at radius 2 is 1.95 bits per heavy atom. The molecular formula is C21H30O. The molecule has 120 valence electrons. The third-order valence-electron chi connectivity index (χ3n) is 8.00. The van der Waals surface area contributed by atoms with Crippen molar-refractivity contribution in [3.8, 4) is 0 Å². The minimum absolute atomic E-state index is 0.0683. The van der Waals surface area contributed by atoms with Gasteiger partial charge in [0.25, 0.3) is 0 Å². The van der Waals surface area contributed by atoms with Gasteiger partial charge in [-0.3, -0.25) is 0 Å². The number of hydrogen-bond donors (Lipinski definition) is 1. The maximum atomic E-state index is 10.5. The zero-order valence-electron chi connectivity index (χ0n) is 14.0. The van der Waals surface area contributed by atoms with Crippen molar-refractivity contribution < 1.29 is 5.11 Å². The molecule has 0 heterocycles. The molecule has 0 saturated heterocycles. The second-order valence-electron chi connectivity index (χ2n) is 8.63. The first-order valence-electron chi connectivity index (χ1n) is 9.22. The zero-order chi connectivity index (χ0) is 15.5. The SMILES string of the molecule is C=C[C@]12CCC(=C)C=C1CCC1C2CC[C@@]2(C)C1CC[C@@H]2O. The fraction of sp³-hybridized carbons (Fsp3) is 0.714. The maximum Gasteiger partial charge on any atom is 0.0596 e. The van der Waals surface area contributed by atoms with Crippen molar-refractivity contribution in [2.24, 2.45) is 28.6 Å². The zero-order valence-corrected chi connectivity index (χ0v) is 14.0. The largest absolute Gasteiger partial charge is 0.393 e. The molecule has 1 N–H and O–H groups in total. The van der Waals surface area contributed by atoms with Crippen molar-refractivity contribution in [3.05, 3.63) is 36.5 Å². The topological polar surface area (TPSA) is 20.2 Å². The summed E-state index contributed by atoms with van der Waals surface area (Å²) in [4.78, 5) is 0. The van der Waals surface area contributed by atoms with Crippen LogP contribution in [-0.4, -0.2) is 11.2 Å². The normalized spacial score (nSPS) is 50.6. The van der Waals surface area contributed by atoms with Crippen molar-refractivity contribution in [1.82, 2.24) is 0 Å². The van der Waals surface area contributed by atoms with Gasteiger partial charge in [-0.2, -0.15) is 0 Å². The van der Waals surface area contributed by atoms with Crippen LogP contribution in [0.2, 0.25) is 0 Å². The van der Waals surface area contributed by atoms with Crippen LogP contribution in [0, 0.1) is 28.6 Å².